The zero-order chi connectivity index (χ0) is 22.5. The number of hydrogen-bond acceptors (Lipinski definition) is 6. The van der Waals surface area contributed by atoms with Crippen molar-refractivity contribution in [3.8, 4) is 0 Å². The van der Waals surface area contributed by atoms with Crippen LogP contribution in [0.4, 0.5) is 33.5 Å². The standard InChI is InChI=1S/C20H20F5N7/c21-16(22)10-32-18-14(7-28-32)27-9-17(29-18)30-5-2-19(3-6-30)11-31(12-19)15-8-26-4-1-13(15)20(23,24)25/h1,4,7-9,16H,2-3,5-6,10-12H2. The van der Waals surface area contributed by atoms with Crippen LogP contribution in [0.3, 0.4) is 0 Å². The van der Waals surface area contributed by atoms with Crippen molar-refractivity contribution in [3.63, 3.8) is 0 Å². The highest BCUT2D eigenvalue weighted by Crippen LogP contribution is 2.46. The molecule has 7 nitrogen and oxygen atoms in total. The van der Waals surface area contributed by atoms with E-state index in [2.05, 4.69) is 20.1 Å². The highest BCUT2D eigenvalue weighted by atomic mass is 19.4. The monoisotopic (exact) mass is 453 g/mol. The molecule has 1 spiro atoms. The minimum Gasteiger partial charge on any atom is -0.369 e. The molecule has 0 atom stereocenters. The molecule has 170 valence electrons. The summed E-state index contributed by atoms with van der Waals surface area (Å²) in [5.41, 5.74) is 0.175. The van der Waals surface area contributed by atoms with E-state index >= 15 is 0 Å². The normalized spacial score (nSPS) is 18.6. The van der Waals surface area contributed by atoms with Crippen LogP contribution >= 0.6 is 0 Å². The van der Waals surface area contributed by atoms with Crippen LogP contribution in [-0.2, 0) is 12.7 Å². The molecule has 2 fully saturated rings. The summed E-state index contributed by atoms with van der Waals surface area (Å²) < 4.78 is 66.6. The number of halogens is 5. The molecule has 0 N–H and O–H groups in total. The van der Waals surface area contributed by atoms with Crippen molar-refractivity contribution in [2.75, 3.05) is 36.0 Å². The fourth-order valence-electron chi connectivity index (χ4n) is 4.59. The van der Waals surface area contributed by atoms with Gasteiger partial charge in [0.05, 0.1) is 29.8 Å². The third-order valence-corrected chi connectivity index (χ3v) is 6.29. The average molecular weight is 453 g/mol. The summed E-state index contributed by atoms with van der Waals surface area (Å²) in [7, 11) is 0. The van der Waals surface area contributed by atoms with Gasteiger partial charge in [0.15, 0.2) is 5.65 Å². The Balaban J connectivity index is 1.26. The van der Waals surface area contributed by atoms with Crippen molar-refractivity contribution in [2.24, 2.45) is 5.41 Å². The summed E-state index contributed by atoms with van der Waals surface area (Å²) in [5, 5.41) is 3.93. The van der Waals surface area contributed by atoms with Crippen LogP contribution in [0, 0.1) is 5.41 Å². The van der Waals surface area contributed by atoms with E-state index in [0.29, 0.717) is 43.2 Å². The molecule has 3 aromatic rings. The van der Waals surface area contributed by atoms with Gasteiger partial charge in [-0.25, -0.2) is 23.4 Å². The van der Waals surface area contributed by atoms with Crippen molar-refractivity contribution in [2.45, 2.75) is 32.0 Å². The largest absolute Gasteiger partial charge is 0.418 e. The van der Waals surface area contributed by atoms with Gasteiger partial charge in [0, 0.05) is 37.8 Å². The molecule has 5 heterocycles. The Hall–Kier alpha value is -3.05. The Morgan fingerprint density at radius 3 is 2.47 bits per heavy atom. The van der Waals surface area contributed by atoms with Crippen molar-refractivity contribution in [1.29, 1.82) is 0 Å². The Morgan fingerprint density at radius 2 is 1.78 bits per heavy atom. The number of nitrogens with zero attached hydrogens (tertiary/aromatic N) is 7. The van der Waals surface area contributed by atoms with E-state index in [9.17, 15) is 22.0 Å². The van der Waals surface area contributed by atoms with Crippen molar-refractivity contribution < 1.29 is 22.0 Å². The number of fused-ring (bicyclic) bond motifs is 1. The van der Waals surface area contributed by atoms with Gasteiger partial charge in [-0.2, -0.15) is 18.3 Å². The fraction of sp³-hybridized carbons (Fsp3) is 0.500. The van der Waals surface area contributed by atoms with Gasteiger partial charge in [0.1, 0.15) is 17.9 Å². The molecule has 5 rings (SSSR count). The molecular weight excluding hydrogens is 433 g/mol. The Bertz CT molecular complexity index is 1110. The second-order valence-corrected chi connectivity index (χ2v) is 8.39. The lowest BCUT2D eigenvalue weighted by Gasteiger charge is -2.55. The number of piperidine rings is 1. The Morgan fingerprint density at radius 1 is 1.03 bits per heavy atom. The van der Waals surface area contributed by atoms with E-state index in [-0.39, 0.29) is 11.1 Å². The Labute approximate surface area is 179 Å². The lowest BCUT2D eigenvalue weighted by molar-refractivity contribution is -0.137. The van der Waals surface area contributed by atoms with Crippen molar-refractivity contribution in [1.82, 2.24) is 24.7 Å². The molecule has 2 aliphatic heterocycles. The molecule has 0 aliphatic carbocycles. The summed E-state index contributed by atoms with van der Waals surface area (Å²) >= 11 is 0. The van der Waals surface area contributed by atoms with Gasteiger partial charge in [-0.3, -0.25) is 4.98 Å². The first-order valence-corrected chi connectivity index (χ1v) is 10.2. The number of alkyl halides is 5. The van der Waals surface area contributed by atoms with Gasteiger partial charge in [-0.05, 0) is 18.9 Å². The van der Waals surface area contributed by atoms with Gasteiger partial charge >= 0.3 is 6.18 Å². The third kappa shape index (κ3) is 3.71. The van der Waals surface area contributed by atoms with Crippen LogP contribution in [0.1, 0.15) is 18.4 Å². The molecule has 0 amide bonds. The number of hydrogen-bond donors (Lipinski definition) is 0. The molecule has 0 saturated carbocycles. The van der Waals surface area contributed by atoms with Gasteiger partial charge in [-0.1, -0.05) is 0 Å². The summed E-state index contributed by atoms with van der Waals surface area (Å²) in [4.78, 5) is 16.4. The molecule has 0 unspecified atom stereocenters. The number of aromatic nitrogens is 5. The van der Waals surface area contributed by atoms with Crippen molar-refractivity contribution in [3.05, 3.63) is 36.4 Å². The highest BCUT2D eigenvalue weighted by Gasteiger charge is 2.47. The number of anilines is 2. The first-order chi connectivity index (χ1) is 15.2. The lowest BCUT2D eigenvalue weighted by atomic mass is 9.71. The van der Waals surface area contributed by atoms with Crippen LogP contribution in [0.5, 0.6) is 0 Å². The van der Waals surface area contributed by atoms with E-state index in [0.717, 1.165) is 29.8 Å². The maximum atomic E-state index is 13.3. The summed E-state index contributed by atoms with van der Waals surface area (Å²) in [6.45, 7) is 1.87. The first kappa shape index (κ1) is 20.8. The predicted molar refractivity (Wildman–Crippen MR) is 107 cm³/mol. The molecule has 12 heteroatoms. The van der Waals surface area contributed by atoms with Crippen LogP contribution in [0.15, 0.2) is 30.9 Å². The molecule has 0 radical (unpaired) electrons. The number of rotatable bonds is 4. The van der Waals surface area contributed by atoms with Gasteiger partial charge in [-0.15, -0.1) is 0 Å². The molecule has 3 aromatic heterocycles. The zero-order valence-corrected chi connectivity index (χ0v) is 16.9. The third-order valence-electron chi connectivity index (χ3n) is 6.29. The first-order valence-electron chi connectivity index (χ1n) is 10.2. The summed E-state index contributed by atoms with van der Waals surface area (Å²) in [5.74, 6) is 0.589. The van der Waals surface area contributed by atoms with E-state index in [4.69, 9.17) is 0 Å². The van der Waals surface area contributed by atoms with Gasteiger partial charge in [0.25, 0.3) is 6.43 Å². The van der Waals surface area contributed by atoms with E-state index in [1.165, 1.54) is 12.4 Å². The Kier molecular flexibility index (Phi) is 4.90. The maximum Gasteiger partial charge on any atom is 0.418 e. The van der Waals surface area contributed by atoms with E-state index in [1.807, 2.05) is 4.90 Å². The van der Waals surface area contributed by atoms with Crippen LogP contribution in [0.2, 0.25) is 0 Å². The minimum atomic E-state index is -4.42. The molecule has 0 aromatic carbocycles. The second kappa shape index (κ2) is 7.52. The van der Waals surface area contributed by atoms with Crippen molar-refractivity contribution >= 4 is 22.7 Å². The molecule has 2 saturated heterocycles. The number of pyridine rings is 1. The predicted octanol–water partition coefficient (Wildman–Crippen LogP) is 3.61. The molecule has 32 heavy (non-hydrogen) atoms. The summed E-state index contributed by atoms with van der Waals surface area (Å²) in [6.07, 6.45) is 0.0750. The lowest BCUT2D eigenvalue weighted by Crippen LogP contribution is -2.61. The minimum absolute atomic E-state index is 0.0514. The van der Waals surface area contributed by atoms with Gasteiger partial charge in [0.2, 0.25) is 0 Å². The quantitative estimate of drug-likeness (QED) is 0.563. The van der Waals surface area contributed by atoms with Crippen LogP contribution < -0.4 is 9.80 Å². The topological polar surface area (TPSA) is 63.0 Å². The summed E-state index contributed by atoms with van der Waals surface area (Å²) in [6, 6.07) is 1.01. The van der Waals surface area contributed by atoms with Crippen LogP contribution in [0.25, 0.3) is 11.2 Å². The highest BCUT2D eigenvalue weighted by molar-refractivity contribution is 5.71. The van der Waals surface area contributed by atoms with E-state index < -0.39 is 24.7 Å². The fourth-order valence-corrected chi connectivity index (χ4v) is 4.59. The molecule has 0 bridgehead atoms. The second-order valence-electron chi connectivity index (χ2n) is 8.39. The van der Waals surface area contributed by atoms with Crippen LogP contribution in [-0.4, -0.2) is 57.3 Å². The smallest absolute Gasteiger partial charge is 0.369 e. The van der Waals surface area contributed by atoms with E-state index in [1.54, 1.807) is 11.1 Å². The van der Waals surface area contributed by atoms with Gasteiger partial charge < -0.3 is 9.80 Å². The molecular formula is C20H20F5N7. The zero-order valence-electron chi connectivity index (χ0n) is 16.9. The average Bonchev–Trinajstić information content (AvgIpc) is 3.13. The SMILES string of the molecule is FC(F)Cn1ncc2ncc(N3CCC4(CC3)CN(c3cnccc3C(F)(F)F)C4)nc21. The maximum absolute atomic E-state index is 13.3. The molecule has 2 aliphatic rings.